The summed E-state index contributed by atoms with van der Waals surface area (Å²) in [7, 11) is 0. The van der Waals surface area contributed by atoms with Crippen molar-refractivity contribution in [1.29, 1.82) is 0 Å². The van der Waals surface area contributed by atoms with Crippen molar-refractivity contribution in [3.8, 4) is 11.3 Å². The summed E-state index contributed by atoms with van der Waals surface area (Å²) in [6.07, 6.45) is 8.64. The first kappa shape index (κ1) is 11.1. The molecule has 2 saturated carbocycles. The van der Waals surface area contributed by atoms with Gasteiger partial charge in [0.1, 0.15) is 0 Å². The maximum Gasteiger partial charge on any atom is 0.0956 e. The normalized spacial score (nSPS) is 32.4. The molecule has 1 aliphatic heterocycles. The molecule has 102 valence electrons. The average molecular weight is 266 g/mol. The van der Waals surface area contributed by atoms with Crippen LogP contribution in [0.4, 0.5) is 0 Å². The Balaban J connectivity index is 1.59. The van der Waals surface area contributed by atoms with E-state index in [-0.39, 0.29) is 17.6 Å². The summed E-state index contributed by atoms with van der Waals surface area (Å²) in [5, 5.41) is 10.7. The molecule has 1 N–H and O–H groups in total. The SMILES string of the molecule is O[C@@H]1[C@H](C2c3ccccc3-c3cncn32)CC12CCC2. The van der Waals surface area contributed by atoms with Crippen LogP contribution in [0.15, 0.2) is 36.8 Å². The minimum absolute atomic E-state index is 0.136. The van der Waals surface area contributed by atoms with Crippen molar-refractivity contribution in [3.05, 3.63) is 42.4 Å². The molecule has 2 aliphatic carbocycles. The predicted octanol–water partition coefficient (Wildman–Crippen LogP) is 3.00. The van der Waals surface area contributed by atoms with Gasteiger partial charge in [0, 0.05) is 11.5 Å². The zero-order chi connectivity index (χ0) is 13.3. The number of aliphatic hydroxyl groups excluding tert-OH is 1. The fourth-order valence-electron chi connectivity index (χ4n) is 4.72. The lowest BCUT2D eigenvalue weighted by molar-refractivity contribution is -0.173. The molecule has 0 radical (unpaired) electrons. The van der Waals surface area contributed by atoms with E-state index in [1.165, 1.54) is 42.5 Å². The van der Waals surface area contributed by atoms with Crippen molar-refractivity contribution in [2.45, 2.75) is 37.8 Å². The van der Waals surface area contributed by atoms with E-state index < -0.39 is 0 Å². The first-order chi connectivity index (χ1) is 9.80. The zero-order valence-electron chi connectivity index (χ0n) is 11.4. The molecule has 0 amide bonds. The first-order valence-corrected chi connectivity index (χ1v) is 7.59. The second-order valence-corrected chi connectivity index (χ2v) is 6.75. The van der Waals surface area contributed by atoms with Gasteiger partial charge in [-0.05, 0) is 30.2 Å². The molecular weight excluding hydrogens is 248 g/mol. The van der Waals surface area contributed by atoms with Crippen LogP contribution in [0.3, 0.4) is 0 Å². The number of aliphatic hydroxyl groups is 1. The highest BCUT2D eigenvalue weighted by Gasteiger charge is 2.59. The van der Waals surface area contributed by atoms with Gasteiger partial charge >= 0.3 is 0 Å². The average Bonchev–Trinajstić information content (AvgIpc) is 2.98. The summed E-state index contributed by atoms with van der Waals surface area (Å²) in [4.78, 5) is 4.31. The molecule has 1 spiro atoms. The van der Waals surface area contributed by atoms with E-state index in [4.69, 9.17) is 0 Å². The molecule has 0 bridgehead atoms. The molecular formula is C17H18N2O. The summed E-state index contributed by atoms with van der Waals surface area (Å²) >= 11 is 0. The Morgan fingerprint density at radius 1 is 1.25 bits per heavy atom. The lowest BCUT2D eigenvalue weighted by atomic mass is 9.48. The van der Waals surface area contributed by atoms with Gasteiger partial charge in [-0.2, -0.15) is 0 Å². The molecule has 3 aliphatic rings. The van der Waals surface area contributed by atoms with E-state index in [1.807, 2.05) is 12.5 Å². The number of hydrogen-bond acceptors (Lipinski definition) is 2. The minimum atomic E-state index is -0.136. The lowest BCUT2D eigenvalue weighted by Gasteiger charge is -2.60. The summed E-state index contributed by atoms with van der Waals surface area (Å²) in [5.74, 6) is 0.354. The van der Waals surface area contributed by atoms with Gasteiger partial charge in [0.15, 0.2) is 0 Å². The van der Waals surface area contributed by atoms with Crippen LogP contribution >= 0.6 is 0 Å². The molecule has 2 aromatic rings. The van der Waals surface area contributed by atoms with Gasteiger partial charge < -0.3 is 9.67 Å². The van der Waals surface area contributed by atoms with E-state index in [9.17, 15) is 5.11 Å². The third-order valence-electron chi connectivity index (χ3n) is 5.95. The molecule has 1 aromatic heterocycles. The molecule has 1 unspecified atom stereocenters. The minimum Gasteiger partial charge on any atom is -0.392 e. The van der Waals surface area contributed by atoms with Crippen molar-refractivity contribution >= 4 is 0 Å². The van der Waals surface area contributed by atoms with Crippen molar-refractivity contribution in [2.75, 3.05) is 0 Å². The smallest absolute Gasteiger partial charge is 0.0956 e. The largest absolute Gasteiger partial charge is 0.392 e. The molecule has 3 heteroatoms. The van der Waals surface area contributed by atoms with E-state index in [0.717, 1.165) is 0 Å². The second kappa shape index (κ2) is 3.53. The van der Waals surface area contributed by atoms with Crippen LogP contribution in [-0.4, -0.2) is 20.8 Å². The van der Waals surface area contributed by atoms with Crippen LogP contribution in [0.25, 0.3) is 11.3 Å². The van der Waals surface area contributed by atoms with E-state index >= 15 is 0 Å². The predicted molar refractivity (Wildman–Crippen MR) is 76.2 cm³/mol. The van der Waals surface area contributed by atoms with Crippen LogP contribution in [0, 0.1) is 11.3 Å². The van der Waals surface area contributed by atoms with Crippen molar-refractivity contribution in [2.24, 2.45) is 11.3 Å². The number of fused-ring (bicyclic) bond motifs is 3. The summed E-state index contributed by atoms with van der Waals surface area (Å²) in [5.41, 5.74) is 4.12. The van der Waals surface area contributed by atoms with E-state index in [2.05, 4.69) is 33.8 Å². The highest BCUT2D eigenvalue weighted by atomic mass is 16.3. The highest BCUT2D eigenvalue weighted by molar-refractivity contribution is 5.69. The number of hydrogen-bond donors (Lipinski definition) is 1. The summed E-state index contributed by atoms with van der Waals surface area (Å²) < 4.78 is 2.27. The van der Waals surface area contributed by atoms with Gasteiger partial charge in [0.05, 0.1) is 30.4 Å². The number of nitrogens with zero attached hydrogens (tertiary/aromatic N) is 2. The van der Waals surface area contributed by atoms with Gasteiger partial charge in [0.2, 0.25) is 0 Å². The van der Waals surface area contributed by atoms with Crippen molar-refractivity contribution in [1.82, 2.24) is 9.55 Å². The lowest BCUT2D eigenvalue weighted by Crippen LogP contribution is -2.58. The topological polar surface area (TPSA) is 38.1 Å². The van der Waals surface area contributed by atoms with Crippen molar-refractivity contribution < 1.29 is 5.11 Å². The number of benzene rings is 1. The van der Waals surface area contributed by atoms with E-state index in [1.54, 1.807) is 0 Å². The van der Waals surface area contributed by atoms with Gasteiger partial charge in [-0.3, -0.25) is 0 Å². The van der Waals surface area contributed by atoms with Gasteiger partial charge in [0.25, 0.3) is 0 Å². The Morgan fingerprint density at radius 2 is 2.10 bits per heavy atom. The Hall–Kier alpha value is -1.61. The number of imidazole rings is 1. The first-order valence-electron chi connectivity index (χ1n) is 7.59. The maximum absolute atomic E-state index is 10.7. The van der Waals surface area contributed by atoms with Crippen molar-refractivity contribution in [3.63, 3.8) is 0 Å². The molecule has 0 saturated heterocycles. The fourth-order valence-corrected chi connectivity index (χ4v) is 4.72. The van der Waals surface area contributed by atoms with Crippen LogP contribution in [0.2, 0.25) is 0 Å². The van der Waals surface area contributed by atoms with Crippen LogP contribution in [0.5, 0.6) is 0 Å². The van der Waals surface area contributed by atoms with Gasteiger partial charge in [-0.25, -0.2) is 4.98 Å². The van der Waals surface area contributed by atoms with E-state index in [0.29, 0.717) is 5.92 Å². The standard InChI is InChI=1S/C17H18N2O/c20-16-13(8-17(16)6-3-7-17)15-12-5-2-1-4-11(12)14-9-18-10-19(14)15/h1-2,4-5,9-10,13,15-16,20H,3,6-8H2/t13-,15?,16+/m0/s1. The fraction of sp³-hybridized carbons (Fsp3) is 0.471. The van der Waals surface area contributed by atoms with Crippen LogP contribution in [0.1, 0.15) is 37.3 Å². The summed E-state index contributed by atoms with van der Waals surface area (Å²) in [6.45, 7) is 0. The Kier molecular flexibility index (Phi) is 1.96. The quantitative estimate of drug-likeness (QED) is 0.861. The third kappa shape index (κ3) is 1.14. The maximum atomic E-state index is 10.7. The second-order valence-electron chi connectivity index (χ2n) is 6.75. The van der Waals surface area contributed by atoms with Gasteiger partial charge in [-0.15, -0.1) is 0 Å². The monoisotopic (exact) mass is 266 g/mol. The molecule has 3 nitrogen and oxygen atoms in total. The Morgan fingerprint density at radius 3 is 2.85 bits per heavy atom. The number of rotatable bonds is 1. The Bertz CT molecular complexity index is 686. The zero-order valence-corrected chi connectivity index (χ0v) is 11.4. The molecule has 20 heavy (non-hydrogen) atoms. The third-order valence-corrected chi connectivity index (χ3v) is 5.95. The molecule has 5 rings (SSSR count). The molecule has 2 heterocycles. The molecule has 1 aromatic carbocycles. The summed E-state index contributed by atoms with van der Waals surface area (Å²) in [6, 6.07) is 8.86. The molecule has 3 atom stereocenters. The van der Waals surface area contributed by atoms with Crippen LogP contribution < -0.4 is 0 Å². The molecule has 2 fully saturated rings. The number of aromatic nitrogens is 2. The van der Waals surface area contributed by atoms with Crippen LogP contribution in [-0.2, 0) is 0 Å². The van der Waals surface area contributed by atoms with Gasteiger partial charge in [-0.1, -0.05) is 30.7 Å². The highest BCUT2D eigenvalue weighted by Crippen LogP contribution is 2.63. The Labute approximate surface area is 118 Å².